The number of nitrogens with zero attached hydrogens (tertiary/aromatic N) is 4. The highest BCUT2D eigenvalue weighted by molar-refractivity contribution is 6.03. The van der Waals surface area contributed by atoms with Crippen LogP contribution in [0.15, 0.2) is 77.3 Å². The Kier molecular flexibility index (Phi) is 6.46. The van der Waals surface area contributed by atoms with Crippen molar-refractivity contribution in [1.82, 2.24) is 9.97 Å². The first kappa shape index (κ1) is 25.0. The maximum Gasteiger partial charge on any atom is 0.437 e. The monoisotopic (exact) mass is 533 g/mol. The minimum absolute atomic E-state index is 0.259. The number of nitrogens with one attached hydrogen (secondary N) is 1. The van der Waals surface area contributed by atoms with Crippen LogP contribution < -0.4 is 15.1 Å². The van der Waals surface area contributed by atoms with Crippen LogP contribution in [0.4, 0.5) is 36.4 Å². The lowest BCUT2D eigenvalue weighted by atomic mass is 9.89. The minimum Gasteiger partial charge on any atom is -0.417 e. The van der Waals surface area contributed by atoms with Crippen molar-refractivity contribution in [3.05, 3.63) is 95.5 Å². The highest BCUT2D eigenvalue weighted by Crippen LogP contribution is 2.39. The molecular weight excluding hydrogens is 507 g/mol. The second-order valence-electron chi connectivity index (χ2n) is 9.73. The van der Waals surface area contributed by atoms with Gasteiger partial charge in [-0.3, -0.25) is 9.69 Å². The number of piperidine rings is 1. The average Bonchev–Trinajstić information content (AvgIpc) is 3.59. The number of aromatic nitrogens is 2. The van der Waals surface area contributed by atoms with Gasteiger partial charge in [-0.15, -0.1) is 0 Å². The van der Waals surface area contributed by atoms with Gasteiger partial charge < -0.3 is 14.6 Å². The van der Waals surface area contributed by atoms with Gasteiger partial charge in [-0.1, -0.05) is 48.5 Å². The highest BCUT2D eigenvalue weighted by atomic mass is 19.4. The van der Waals surface area contributed by atoms with E-state index >= 15 is 0 Å². The molecule has 4 heterocycles. The second kappa shape index (κ2) is 10.1. The molecule has 1 fully saturated rings. The summed E-state index contributed by atoms with van der Waals surface area (Å²) < 4.78 is 46.8. The summed E-state index contributed by atoms with van der Waals surface area (Å²) in [7, 11) is 0. The van der Waals surface area contributed by atoms with Gasteiger partial charge in [0.1, 0.15) is 5.82 Å². The summed E-state index contributed by atoms with van der Waals surface area (Å²) in [5.41, 5.74) is 1.94. The van der Waals surface area contributed by atoms with Crippen LogP contribution in [0.3, 0.4) is 0 Å². The van der Waals surface area contributed by atoms with E-state index in [1.165, 1.54) is 11.8 Å². The lowest BCUT2D eigenvalue weighted by molar-refractivity contribution is -0.141. The third kappa shape index (κ3) is 5.06. The summed E-state index contributed by atoms with van der Waals surface area (Å²) in [4.78, 5) is 24.8. The fraction of sp³-hybridized carbons (Fsp3) is 0.276. The van der Waals surface area contributed by atoms with E-state index in [-0.39, 0.29) is 11.7 Å². The van der Waals surface area contributed by atoms with Crippen molar-refractivity contribution in [3.63, 3.8) is 0 Å². The molecule has 0 aliphatic carbocycles. The van der Waals surface area contributed by atoms with Crippen molar-refractivity contribution in [2.45, 2.75) is 31.4 Å². The molecule has 1 saturated heterocycles. The standard InChI is InChI=1S/C29H26F3N5O2/c30-29(31,32)26-25(39-28(35-26)37-17-14-21-8-4-5-9-23(21)37)27(38)34-22-10-11-24(33-18-22)36-15-12-20(13-16-36)19-6-2-1-3-7-19/h1-11,18,20H,12-17H2,(H,34,38). The maximum atomic E-state index is 13.8. The number of amides is 1. The van der Waals surface area contributed by atoms with Crippen LogP contribution in [-0.4, -0.2) is 35.5 Å². The van der Waals surface area contributed by atoms with E-state index in [2.05, 4.69) is 44.5 Å². The van der Waals surface area contributed by atoms with Crippen molar-refractivity contribution in [2.75, 3.05) is 34.8 Å². The van der Waals surface area contributed by atoms with Crippen LogP contribution in [0.1, 0.15) is 46.1 Å². The van der Waals surface area contributed by atoms with Crippen molar-refractivity contribution in [1.29, 1.82) is 0 Å². The molecule has 0 atom stereocenters. The third-order valence-electron chi connectivity index (χ3n) is 7.30. The minimum atomic E-state index is -4.86. The van der Waals surface area contributed by atoms with E-state index in [9.17, 15) is 18.0 Å². The molecule has 0 bridgehead atoms. The first-order chi connectivity index (χ1) is 18.9. The van der Waals surface area contributed by atoms with E-state index in [1.54, 1.807) is 29.2 Å². The summed E-state index contributed by atoms with van der Waals surface area (Å²) in [6, 6.07) is 20.9. The fourth-order valence-electron chi connectivity index (χ4n) is 5.31. The van der Waals surface area contributed by atoms with Crippen LogP contribution >= 0.6 is 0 Å². The zero-order chi connectivity index (χ0) is 27.0. The number of hydrogen-bond donors (Lipinski definition) is 1. The van der Waals surface area contributed by atoms with Gasteiger partial charge in [0.25, 0.3) is 5.91 Å². The molecule has 0 spiro atoms. The Balaban J connectivity index is 1.15. The molecule has 10 heteroatoms. The summed E-state index contributed by atoms with van der Waals surface area (Å²) in [5.74, 6) is -0.657. The lowest BCUT2D eigenvalue weighted by Gasteiger charge is -2.33. The average molecular weight is 534 g/mol. The number of carbonyl (C=O) groups excluding carboxylic acids is 1. The topological polar surface area (TPSA) is 74.5 Å². The Hall–Kier alpha value is -4.34. The van der Waals surface area contributed by atoms with E-state index in [0.717, 1.165) is 37.3 Å². The van der Waals surface area contributed by atoms with E-state index in [1.807, 2.05) is 18.2 Å². The number of carbonyl (C=O) groups is 1. The van der Waals surface area contributed by atoms with Gasteiger partial charge in [0, 0.05) is 25.3 Å². The Morgan fingerprint density at radius 1 is 0.949 bits per heavy atom. The Bertz CT molecular complexity index is 1460. The molecule has 2 aliphatic rings. The molecule has 6 rings (SSSR count). The molecule has 1 N–H and O–H groups in total. The highest BCUT2D eigenvalue weighted by Gasteiger charge is 2.42. The number of hydrogen-bond acceptors (Lipinski definition) is 6. The van der Waals surface area contributed by atoms with Gasteiger partial charge in [-0.25, -0.2) is 4.98 Å². The van der Waals surface area contributed by atoms with Gasteiger partial charge in [-0.05, 0) is 54.5 Å². The van der Waals surface area contributed by atoms with Crippen LogP contribution in [0, 0.1) is 0 Å². The molecule has 7 nitrogen and oxygen atoms in total. The number of anilines is 4. The van der Waals surface area contributed by atoms with Gasteiger partial charge >= 0.3 is 12.2 Å². The number of alkyl halides is 3. The molecule has 0 radical (unpaired) electrons. The molecular formula is C29H26F3N5O2. The predicted molar refractivity (Wildman–Crippen MR) is 141 cm³/mol. The molecule has 200 valence electrons. The maximum absolute atomic E-state index is 13.8. The Morgan fingerprint density at radius 3 is 2.41 bits per heavy atom. The Morgan fingerprint density at radius 2 is 1.69 bits per heavy atom. The fourth-order valence-corrected chi connectivity index (χ4v) is 5.31. The van der Waals surface area contributed by atoms with E-state index < -0.39 is 23.5 Å². The van der Waals surface area contributed by atoms with Crippen LogP contribution in [0.5, 0.6) is 0 Å². The van der Waals surface area contributed by atoms with Gasteiger partial charge in [0.05, 0.1) is 11.9 Å². The molecule has 0 saturated carbocycles. The SMILES string of the molecule is O=C(Nc1ccc(N2CCC(c3ccccc3)CC2)nc1)c1oc(N2CCc3ccccc32)nc1C(F)(F)F. The first-order valence-electron chi connectivity index (χ1n) is 12.9. The first-order valence-corrected chi connectivity index (χ1v) is 12.9. The molecule has 39 heavy (non-hydrogen) atoms. The summed E-state index contributed by atoms with van der Waals surface area (Å²) in [5, 5.41) is 2.48. The molecule has 1 amide bonds. The molecule has 2 aliphatic heterocycles. The lowest BCUT2D eigenvalue weighted by Crippen LogP contribution is -2.33. The summed E-state index contributed by atoms with van der Waals surface area (Å²) >= 11 is 0. The molecule has 2 aromatic carbocycles. The van der Waals surface area contributed by atoms with E-state index in [0.29, 0.717) is 24.6 Å². The second-order valence-corrected chi connectivity index (χ2v) is 9.73. The molecule has 4 aromatic rings. The van der Waals surface area contributed by atoms with Gasteiger partial charge in [0.2, 0.25) is 5.76 Å². The number of halogens is 3. The summed E-state index contributed by atoms with van der Waals surface area (Å²) in [6.07, 6.45) is -0.776. The van der Waals surface area contributed by atoms with Crippen molar-refractivity contribution >= 4 is 29.1 Å². The molecule has 0 unspecified atom stereocenters. The molecule has 2 aromatic heterocycles. The van der Waals surface area contributed by atoms with Gasteiger partial charge in [0.15, 0.2) is 5.69 Å². The van der Waals surface area contributed by atoms with Gasteiger partial charge in [-0.2, -0.15) is 18.2 Å². The number of oxazole rings is 1. The third-order valence-corrected chi connectivity index (χ3v) is 7.30. The van der Waals surface area contributed by atoms with Crippen LogP contribution in [0.2, 0.25) is 0 Å². The van der Waals surface area contributed by atoms with Crippen molar-refractivity contribution < 1.29 is 22.4 Å². The normalized spacial score (nSPS) is 15.9. The Labute approximate surface area is 223 Å². The largest absolute Gasteiger partial charge is 0.437 e. The number of benzene rings is 2. The number of para-hydroxylation sites is 1. The van der Waals surface area contributed by atoms with Crippen LogP contribution in [0.25, 0.3) is 0 Å². The smallest absolute Gasteiger partial charge is 0.417 e. The number of pyridine rings is 1. The van der Waals surface area contributed by atoms with Crippen molar-refractivity contribution in [3.8, 4) is 0 Å². The number of rotatable bonds is 5. The zero-order valence-corrected chi connectivity index (χ0v) is 21.0. The predicted octanol–water partition coefficient (Wildman–Crippen LogP) is 6.42. The quantitative estimate of drug-likeness (QED) is 0.319. The van der Waals surface area contributed by atoms with E-state index in [4.69, 9.17) is 4.42 Å². The van der Waals surface area contributed by atoms with Crippen LogP contribution in [-0.2, 0) is 12.6 Å². The zero-order valence-electron chi connectivity index (χ0n) is 21.0. The summed E-state index contributed by atoms with van der Waals surface area (Å²) in [6.45, 7) is 2.09. The number of fused-ring (bicyclic) bond motifs is 1. The van der Waals surface area contributed by atoms with Crippen molar-refractivity contribution in [2.24, 2.45) is 0 Å².